The highest BCUT2D eigenvalue weighted by atomic mass is 19.1. The largest absolute Gasteiger partial charge is 0.491 e. The number of carbonyl (C=O) groups is 1. The van der Waals surface area contributed by atoms with Gasteiger partial charge in [-0.3, -0.25) is 14.8 Å². The third-order valence-electron chi connectivity index (χ3n) is 6.94. The van der Waals surface area contributed by atoms with Crippen LogP contribution in [0.15, 0.2) is 66.7 Å². The molecule has 0 radical (unpaired) electrons. The van der Waals surface area contributed by atoms with Crippen LogP contribution in [0.2, 0.25) is 0 Å². The van der Waals surface area contributed by atoms with E-state index in [2.05, 4.69) is 97.4 Å². The maximum atomic E-state index is 13.0. The number of nitrogens with two attached hydrogens (primary N) is 2. The Labute approximate surface area is 310 Å². The summed E-state index contributed by atoms with van der Waals surface area (Å²) in [6.07, 6.45) is 7.50. The van der Waals surface area contributed by atoms with Gasteiger partial charge in [-0.1, -0.05) is 98.2 Å². The monoisotopic (exact) mass is 708 g/mol. The van der Waals surface area contributed by atoms with E-state index >= 15 is 0 Å². The predicted molar refractivity (Wildman–Crippen MR) is 223 cm³/mol. The summed E-state index contributed by atoms with van der Waals surface area (Å²) < 4.78 is 18.7. The van der Waals surface area contributed by atoms with Crippen molar-refractivity contribution >= 4 is 23.9 Å². The molecule has 3 aromatic rings. The number of nitrogen functional groups attached to an aromatic ring is 1. The van der Waals surface area contributed by atoms with Gasteiger partial charge in [-0.05, 0) is 76.1 Å². The molecule has 0 saturated heterocycles. The lowest BCUT2D eigenvalue weighted by Gasteiger charge is -2.11. The van der Waals surface area contributed by atoms with Crippen molar-refractivity contribution in [2.75, 3.05) is 25.9 Å². The van der Waals surface area contributed by atoms with Gasteiger partial charge in [0.15, 0.2) is 6.30 Å². The van der Waals surface area contributed by atoms with Crippen LogP contribution in [-0.2, 0) is 6.42 Å². The van der Waals surface area contributed by atoms with E-state index < -0.39 is 6.30 Å². The highest BCUT2D eigenvalue weighted by molar-refractivity contribution is 5.98. The molecule has 2 aromatic carbocycles. The molecule has 2 heterocycles. The molecule has 2 unspecified atom stereocenters. The molecular weight excluding hydrogens is 638 g/mol. The number of alkyl halides is 1. The molecule has 4 rings (SSSR count). The van der Waals surface area contributed by atoms with Gasteiger partial charge < -0.3 is 21.5 Å². The molecule has 1 amide bonds. The first-order valence-electron chi connectivity index (χ1n) is 18.4. The second kappa shape index (κ2) is 31.7. The van der Waals surface area contributed by atoms with Crippen molar-refractivity contribution in [2.24, 2.45) is 10.7 Å². The van der Waals surface area contributed by atoms with Gasteiger partial charge in [-0.2, -0.15) is 0 Å². The minimum atomic E-state index is -1.33. The lowest BCUT2D eigenvalue weighted by Crippen LogP contribution is -2.26. The Hall–Kier alpha value is -4.30. The minimum absolute atomic E-state index is 0.217. The summed E-state index contributed by atoms with van der Waals surface area (Å²) in [5, 5.41) is 2.92. The van der Waals surface area contributed by atoms with Crippen molar-refractivity contribution in [2.45, 2.75) is 115 Å². The van der Waals surface area contributed by atoms with Crippen molar-refractivity contribution in [3.63, 3.8) is 0 Å². The second-order valence-electron chi connectivity index (χ2n) is 10.5. The van der Waals surface area contributed by atoms with Crippen molar-refractivity contribution < 1.29 is 13.9 Å². The zero-order chi connectivity index (χ0) is 39.9. The highest BCUT2D eigenvalue weighted by Gasteiger charge is 2.23. The standard InChI is InChI=1S/C22H27FN4O2.C12H16.3C2H6.C2H4.CH5N/c1-12-7-16(8-17(20(12)24)10-26-15(4)23)22(28)25-6-5-18-9-19-13(2)11-29-21(19)14(3)27-18;1-3-4-5-9-12-10-7-6-8-11(12)2;5*1-2/h7-10,13,15H,5-6,11,24H2,1-4H3,(H,25,28);5-10H,3-4H2,1-2H3;3*1-2H3;1-2H2;2H2,1H3/b26-10+;9-5-;;;;;. The van der Waals surface area contributed by atoms with E-state index in [9.17, 15) is 9.18 Å². The number of aryl methyl sites for hydroxylation is 3. The maximum Gasteiger partial charge on any atom is 0.251 e. The molecule has 2 atom stereocenters. The molecule has 0 spiro atoms. The third-order valence-corrected chi connectivity index (χ3v) is 6.94. The van der Waals surface area contributed by atoms with E-state index in [1.165, 1.54) is 49.7 Å². The Kier molecular flexibility index (Phi) is 31.7. The Morgan fingerprint density at radius 2 is 1.65 bits per heavy atom. The number of benzene rings is 2. The van der Waals surface area contributed by atoms with E-state index in [1.54, 1.807) is 12.1 Å². The Morgan fingerprint density at radius 3 is 2.22 bits per heavy atom. The van der Waals surface area contributed by atoms with Crippen LogP contribution < -0.4 is 21.5 Å². The van der Waals surface area contributed by atoms with Gasteiger partial charge in [0.05, 0.1) is 12.3 Å². The summed E-state index contributed by atoms with van der Waals surface area (Å²) in [4.78, 5) is 20.9. The molecule has 1 aliphatic heterocycles. The molecule has 7 nitrogen and oxygen atoms in total. The fourth-order valence-electron chi connectivity index (χ4n) is 4.54. The highest BCUT2D eigenvalue weighted by Crippen LogP contribution is 2.35. The number of aliphatic imine (C=N–C) groups is 1. The van der Waals surface area contributed by atoms with E-state index in [0.717, 1.165) is 22.7 Å². The number of carbonyl (C=O) groups excluding carboxylic acids is 1. The molecule has 1 aromatic heterocycles. The summed E-state index contributed by atoms with van der Waals surface area (Å²) in [6, 6.07) is 13.9. The number of amides is 1. The smallest absolute Gasteiger partial charge is 0.251 e. The van der Waals surface area contributed by atoms with Gasteiger partial charge in [-0.15, -0.1) is 13.2 Å². The first kappa shape index (κ1) is 51.1. The normalized spacial score (nSPS) is 12.5. The van der Waals surface area contributed by atoms with E-state index in [-0.39, 0.29) is 5.91 Å². The fourth-order valence-corrected chi connectivity index (χ4v) is 4.54. The van der Waals surface area contributed by atoms with E-state index in [0.29, 0.717) is 42.3 Å². The number of fused-ring (bicyclic) bond motifs is 1. The van der Waals surface area contributed by atoms with E-state index in [4.69, 9.17) is 10.5 Å². The predicted octanol–water partition coefficient (Wildman–Crippen LogP) is 10.7. The van der Waals surface area contributed by atoms with Crippen LogP contribution in [0.5, 0.6) is 5.75 Å². The van der Waals surface area contributed by atoms with Gasteiger partial charge in [-0.25, -0.2) is 4.39 Å². The third kappa shape index (κ3) is 19.0. The number of aromatic nitrogens is 1. The number of hydrogen-bond acceptors (Lipinski definition) is 6. The molecule has 0 saturated carbocycles. The van der Waals surface area contributed by atoms with Crippen LogP contribution in [0, 0.1) is 20.8 Å². The quantitative estimate of drug-likeness (QED) is 0.0886. The van der Waals surface area contributed by atoms with Crippen LogP contribution in [0.25, 0.3) is 6.08 Å². The summed E-state index contributed by atoms with van der Waals surface area (Å²) in [5.41, 5.74) is 18.4. The molecule has 8 heteroatoms. The molecule has 5 N–H and O–H groups in total. The topological polar surface area (TPSA) is 116 Å². The molecule has 286 valence electrons. The van der Waals surface area contributed by atoms with Gasteiger partial charge in [0.2, 0.25) is 0 Å². The van der Waals surface area contributed by atoms with Gasteiger partial charge in [0, 0.05) is 53.2 Å². The molecule has 0 aliphatic carbocycles. The minimum Gasteiger partial charge on any atom is -0.491 e. The average molecular weight is 708 g/mol. The molecule has 0 fully saturated rings. The number of rotatable bonds is 9. The number of anilines is 1. The number of allylic oxidation sites excluding steroid dienone is 1. The van der Waals surface area contributed by atoms with Crippen molar-refractivity contribution in [3.05, 3.63) is 106 Å². The van der Waals surface area contributed by atoms with Crippen molar-refractivity contribution in [1.82, 2.24) is 10.3 Å². The zero-order valence-electron chi connectivity index (χ0n) is 34.1. The van der Waals surface area contributed by atoms with Crippen molar-refractivity contribution in [3.8, 4) is 5.75 Å². The van der Waals surface area contributed by atoms with Gasteiger partial charge >= 0.3 is 0 Å². The summed E-state index contributed by atoms with van der Waals surface area (Å²) in [6.45, 7) is 30.7. The van der Waals surface area contributed by atoms with Crippen LogP contribution in [-0.4, -0.2) is 43.6 Å². The lowest BCUT2D eigenvalue weighted by molar-refractivity contribution is 0.0954. The van der Waals surface area contributed by atoms with E-state index in [1.807, 2.05) is 55.4 Å². The first-order valence-corrected chi connectivity index (χ1v) is 18.4. The first-order chi connectivity index (χ1) is 24.6. The van der Waals surface area contributed by atoms with Crippen LogP contribution in [0.4, 0.5) is 10.1 Å². The number of hydrogen-bond donors (Lipinski definition) is 3. The van der Waals surface area contributed by atoms with Crippen molar-refractivity contribution in [1.29, 1.82) is 0 Å². The molecule has 0 bridgehead atoms. The second-order valence-corrected chi connectivity index (χ2v) is 10.5. The molecule has 1 aliphatic rings. The lowest BCUT2D eigenvalue weighted by atomic mass is 10.0. The van der Waals surface area contributed by atoms with Gasteiger partial charge in [0.25, 0.3) is 5.91 Å². The summed E-state index contributed by atoms with van der Waals surface area (Å²) >= 11 is 0. The van der Waals surface area contributed by atoms with Crippen LogP contribution in [0.3, 0.4) is 0 Å². The number of unbranched alkanes of at least 4 members (excludes halogenated alkanes) is 1. The SMILES string of the molecule is C=C.CC.CC.CC.CCC/C=C\c1ccccc1C.CN.Cc1cc(C(=O)NCCc2cc3c(c(C)n2)OCC3C)cc(/C=N/C(C)F)c1N. The van der Waals surface area contributed by atoms with Crippen LogP contribution >= 0.6 is 0 Å². The van der Waals surface area contributed by atoms with Gasteiger partial charge in [0.1, 0.15) is 5.75 Å². The number of halogens is 1. The number of ether oxygens (including phenoxy) is 1. The Morgan fingerprint density at radius 1 is 1.04 bits per heavy atom. The van der Waals surface area contributed by atoms with Crippen LogP contribution in [0.1, 0.15) is 131 Å². The molecular formula is C43H70FN5O2. The zero-order valence-corrected chi connectivity index (χ0v) is 34.1. The maximum absolute atomic E-state index is 13.0. The number of nitrogens with zero attached hydrogens (tertiary/aromatic N) is 2. The average Bonchev–Trinajstić information content (AvgIpc) is 3.54. The summed E-state index contributed by atoms with van der Waals surface area (Å²) in [5.74, 6) is 1.02. The Balaban J connectivity index is -0.000000873. The summed E-state index contributed by atoms with van der Waals surface area (Å²) in [7, 11) is 1.50. The number of nitrogens with one attached hydrogen (secondary N) is 1. The fraction of sp³-hybridized carbons (Fsp3) is 0.465. The number of pyridine rings is 1. The Bertz CT molecular complexity index is 1420. The molecule has 51 heavy (non-hydrogen) atoms.